The standard InChI is InChI=1S/C21H19ClN2O5/c1-13-9-18-16(11-17(13)22)14(10-20(26)29-18)12-28-19(25)7-8-23-21(27)24-15-5-3-2-4-6-15/h2-6,9-11H,7-8,12H2,1H3,(H2,23,24,27). The van der Waals surface area contributed by atoms with E-state index >= 15 is 0 Å². The largest absolute Gasteiger partial charge is 0.461 e. The van der Waals surface area contributed by atoms with Crippen molar-refractivity contribution in [2.24, 2.45) is 0 Å². The second-order valence-corrected chi connectivity index (χ2v) is 6.75. The fourth-order valence-electron chi connectivity index (χ4n) is 2.67. The first-order chi connectivity index (χ1) is 13.9. The molecule has 29 heavy (non-hydrogen) atoms. The molecule has 2 amide bonds. The van der Waals surface area contributed by atoms with Gasteiger partial charge in [-0.3, -0.25) is 4.79 Å². The Morgan fingerprint density at radius 1 is 1.14 bits per heavy atom. The molecule has 3 aromatic rings. The molecule has 150 valence electrons. The number of esters is 1. The van der Waals surface area contributed by atoms with Crippen LogP contribution < -0.4 is 16.3 Å². The Morgan fingerprint density at radius 2 is 1.90 bits per heavy atom. The fraction of sp³-hybridized carbons (Fsp3) is 0.190. The summed E-state index contributed by atoms with van der Waals surface area (Å²) in [5.74, 6) is -0.510. The number of aryl methyl sites for hydroxylation is 1. The molecule has 2 aromatic carbocycles. The van der Waals surface area contributed by atoms with Crippen molar-refractivity contribution in [1.82, 2.24) is 5.32 Å². The number of fused-ring (bicyclic) bond motifs is 1. The SMILES string of the molecule is Cc1cc2oc(=O)cc(COC(=O)CCNC(=O)Nc3ccccc3)c2cc1Cl. The van der Waals surface area contributed by atoms with E-state index in [0.717, 1.165) is 5.56 Å². The number of benzene rings is 2. The van der Waals surface area contributed by atoms with E-state index in [0.29, 0.717) is 27.2 Å². The van der Waals surface area contributed by atoms with E-state index in [1.165, 1.54) is 6.07 Å². The van der Waals surface area contributed by atoms with Crippen LogP contribution in [0.15, 0.2) is 57.7 Å². The Kier molecular flexibility index (Phi) is 6.51. The number of anilines is 1. The topological polar surface area (TPSA) is 97.6 Å². The van der Waals surface area contributed by atoms with Crippen LogP contribution in [0, 0.1) is 6.92 Å². The third-order valence-corrected chi connectivity index (χ3v) is 4.55. The molecular weight excluding hydrogens is 396 g/mol. The van der Waals surface area contributed by atoms with E-state index in [2.05, 4.69) is 10.6 Å². The summed E-state index contributed by atoms with van der Waals surface area (Å²) in [7, 11) is 0. The fourth-order valence-corrected chi connectivity index (χ4v) is 2.84. The summed E-state index contributed by atoms with van der Waals surface area (Å²) < 4.78 is 10.4. The van der Waals surface area contributed by atoms with Crippen LogP contribution in [0.2, 0.25) is 5.02 Å². The third kappa shape index (κ3) is 5.58. The minimum Gasteiger partial charge on any atom is -0.461 e. The monoisotopic (exact) mass is 414 g/mol. The molecule has 0 aliphatic heterocycles. The van der Waals surface area contributed by atoms with E-state index in [4.69, 9.17) is 20.8 Å². The summed E-state index contributed by atoms with van der Waals surface area (Å²) in [6.45, 7) is 1.81. The summed E-state index contributed by atoms with van der Waals surface area (Å²) in [5.41, 5.74) is 1.77. The molecule has 8 heteroatoms. The number of hydrogen-bond acceptors (Lipinski definition) is 5. The molecule has 0 saturated carbocycles. The lowest BCUT2D eigenvalue weighted by atomic mass is 10.1. The Bertz CT molecular complexity index is 1100. The average molecular weight is 415 g/mol. The molecule has 3 rings (SSSR count). The van der Waals surface area contributed by atoms with Crippen LogP contribution >= 0.6 is 11.6 Å². The normalized spacial score (nSPS) is 10.6. The molecule has 0 aliphatic rings. The highest BCUT2D eigenvalue weighted by Crippen LogP contribution is 2.25. The molecule has 0 aliphatic carbocycles. The highest BCUT2D eigenvalue weighted by atomic mass is 35.5. The molecule has 0 bridgehead atoms. The molecular formula is C21H19ClN2O5. The minimum absolute atomic E-state index is 0.0125. The van der Waals surface area contributed by atoms with Crippen molar-refractivity contribution in [2.45, 2.75) is 20.0 Å². The zero-order valence-corrected chi connectivity index (χ0v) is 16.4. The van der Waals surface area contributed by atoms with Crippen LogP contribution in [0.5, 0.6) is 0 Å². The second kappa shape index (κ2) is 9.25. The van der Waals surface area contributed by atoms with E-state index in [1.807, 2.05) is 6.07 Å². The number of hydrogen-bond donors (Lipinski definition) is 2. The molecule has 0 unspecified atom stereocenters. The van der Waals surface area contributed by atoms with Gasteiger partial charge in [0.2, 0.25) is 0 Å². The maximum absolute atomic E-state index is 12.0. The van der Waals surface area contributed by atoms with Gasteiger partial charge in [0.25, 0.3) is 0 Å². The van der Waals surface area contributed by atoms with Crippen molar-refractivity contribution in [3.8, 4) is 0 Å². The van der Waals surface area contributed by atoms with E-state index in [1.54, 1.807) is 43.3 Å². The number of carbonyl (C=O) groups excluding carboxylic acids is 2. The maximum Gasteiger partial charge on any atom is 0.336 e. The summed E-state index contributed by atoms with van der Waals surface area (Å²) in [6.07, 6.45) is -0.0125. The summed E-state index contributed by atoms with van der Waals surface area (Å²) in [4.78, 5) is 35.5. The van der Waals surface area contributed by atoms with Crippen molar-refractivity contribution in [3.63, 3.8) is 0 Å². The van der Waals surface area contributed by atoms with Crippen molar-refractivity contribution >= 4 is 40.3 Å². The highest BCUT2D eigenvalue weighted by Gasteiger charge is 2.11. The smallest absolute Gasteiger partial charge is 0.336 e. The first kappa shape index (κ1) is 20.4. The van der Waals surface area contributed by atoms with Crippen LogP contribution in [-0.2, 0) is 16.1 Å². The molecule has 0 saturated heterocycles. The quantitative estimate of drug-likeness (QED) is 0.469. The number of nitrogens with one attached hydrogen (secondary N) is 2. The molecule has 1 aromatic heterocycles. The molecule has 0 radical (unpaired) electrons. The van der Waals surface area contributed by atoms with Crippen molar-refractivity contribution in [1.29, 1.82) is 0 Å². The van der Waals surface area contributed by atoms with Gasteiger partial charge in [-0.25, -0.2) is 9.59 Å². The zero-order chi connectivity index (χ0) is 20.8. The first-order valence-electron chi connectivity index (χ1n) is 8.91. The summed E-state index contributed by atoms with van der Waals surface area (Å²) >= 11 is 6.14. The van der Waals surface area contributed by atoms with Gasteiger partial charge in [0.1, 0.15) is 12.2 Å². The molecule has 2 N–H and O–H groups in total. The van der Waals surface area contributed by atoms with Gasteiger partial charge < -0.3 is 19.8 Å². The highest BCUT2D eigenvalue weighted by molar-refractivity contribution is 6.32. The molecule has 0 spiro atoms. The van der Waals surface area contributed by atoms with E-state index < -0.39 is 17.6 Å². The minimum atomic E-state index is -0.537. The van der Waals surface area contributed by atoms with Gasteiger partial charge in [0.15, 0.2) is 0 Å². The summed E-state index contributed by atoms with van der Waals surface area (Å²) in [5, 5.41) is 6.36. The number of rotatable bonds is 6. The lowest BCUT2D eigenvalue weighted by Crippen LogP contribution is -2.30. The molecule has 0 fully saturated rings. The van der Waals surface area contributed by atoms with Crippen molar-refractivity contribution in [2.75, 3.05) is 11.9 Å². The number of para-hydroxylation sites is 1. The average Bonchev–Trinajstić information content (AvgIpc) is 2.68. The van der Waals surface area contributed by atoms with E-state index in [9.17, 15) is 14.4 Å². The Labute approximate surface area is 171 Å². The summed E-state index contributed by atoms with van der Waals surface area (Å²) in [6, 6.07) is 13.1. The maximum atomic E-state index is 12.0. The Morgan fingerprint density at radius 3 is 2.66 bits per heavy atom. The Balaban J connectivity index is 1.52. The zero-order valence-electron chi connectivity index (χ0n) is 15.7. The van der Waals surface area contributed by atoms with Crippen LogP contribution in [0.3, 0.4) is 0 Å². The van der Waals surface area contributed by atoms with Crippen LogP contribution in [0.25, 0.3) is 11.0 Å². The predicted octanol–water partition coefficient (Wildman–Crippen LogP) is 4.01. The van der Waals surface area contributed by atoms with Gasteiger partial charge in [-0.2, -0.15) is 0 Å². The van der Waals surface area contributed by atoms with Gasteiger partial charge >= 0.3 is 17.6 Å². The van der Waals surface area contributed by atoms with Crippen LogP contribution in [0.1, 0.15) is 17.5 Å². The van der Waals surface area contributed by atoms with Gasteiger partial charge in [-0.1, -0.05) is 29.8 Å². The Hall–Kier alpha value is -3.32. The lowest BCUT2D eigenvalue weighted by molar-refractivity contribution is -0.144. The van der Waals surface area contributed by atoms with Crippen molar-refractivity contribution in [3.05, 3.63) is 75.1 Å². The van der Waals surface area contributed by atoms with Crippen LogP contribution in [0.4, 0.5) is 10.5 Å². The second-order valence-electron chi connectivity index (χ2n) is 6.35. The number of urea groups is 1. The lowest BCUT2D eigenvalue weighted by Gasteiger charge is -2.09. The van der Waals surface area contributed by atoms with Gasteiger partial charge in [-0.15, -0.1) is 0 Å². The van der Waals surface area contributed by atoms with Gasteiger partial charge in [0, 0.05) is 34.3 Å². The van der Waals surface area contributed by atoms with Crippen LogP contribution in [-0.4, -0.2) is 18.5 Å². The number of amides is 2. The predicted molar refractivity (Wildman–Crippen MR) is 110 cm³/mol. The molecule has 7 nitrogen and oxygen atoms in total. The van der Waals surface area contributed by atoms with Gasteiger partial charge in [-0.05, 0) is 36.8 Å². The first-order valence-corrected chi connectivity index (χ1v) is 9.28. The number of halogens is 1. The van der Waals surface area contributed by atoms with Gasteiger partial charge in [0.05, 0.1) is 6.42 Å². The third-order valence-electron chi connectivity index (χ3n) is 4.14. The van der Waals surface area contributed by atoms with Crippen molar-refractivity contribution < 1.29 is 18.7 Å². The number of ether oxygens (including phenoxy) is 1. The molecule has 1 heterocycles. The van der Waals surface area contributed by atoms with E-state index in [-0.39, 0.29) is 19.6 Å². The number of carbonyl (C=O) groups is 2. The molecule has 0 atom stereocenters.